The lowest BCUT2D eigenvalue weighted by molar-refractivity contribution is -0.0441. The Morgan fingerprint density at radius 1 is 1.69 bits per heavy atom. The Labute approximate surface area is 82.1 Å². The summed E-state index contributed by atoms with van der Waals surface area (Å²) in [7, 11) is 1.75. The molecule has 1 aliphatic rings. The van der Waals surface area contributed by atoms with E-state index in [0.717, 1.165) is 24.5 Å². The molecule has 1 aliphatic heterocycles. The molecule has 0 unspecified atom stereocenters. The quantitative estimate of drug-likeness (QED) is 0.732. The molecule has 1 aromatic heterocycles. The fourth-order valence-electron chi connectivity index (χ4n) is 1.46. The number of hydrogen-bond acceptors (Lipinski definition) is 3. The number of imidazole rings is 1. The van der Waals surface area contributed by atoms with Crippen LogP contribution in [0.4, 0.5) is 0 Å². The van der Waals surface area contributed by atoms with Gasteiger partial charge >= 0.3 is 0 Å². The zero-order valence-electron chi connectivity index (χ0n) is 7.56. The Morgan fingerprint density at radius 2 is 2.46 bits per heavy atom. The molecule has 1 aromatic rings. The molecule has 1 N–H and O–H groups in total. The molecule has 0 aromatic carbocycles. The normalized spacial score (nSPS) is 18.8. The van der Waals surface area contributed by atoms with E-state index in [1.165, 1.54) is 0 Å². The van der Waals surface area contributed by atoms with Crippen molar-refractivity contribution in [2.45, 2.75) is 12.8 Å². The van der Waals surface area contributed by atoms with Gasteiger partial charge in [0, 0.05) is 32.6 Å². The lowest BCUT2D eigenvalue weighted by Crippen LogP contribution is -2.51. The first-order chi connectivity index (χ1) is 6.29. The zero-order chi connectivity index (χ0) is 9.26. The van der Waals surface area contributed by atoms with Crippen molar-refractivity contribution >= 4 is 12.2 Å². The summed E-state index contributed by atoms with van der Waals surface area (Å²) in [4.78, 5) is 5.26. The summed E-state index contributed by atoms with van der Waals surface area (Å²) in [6.45, 7) is 2.87. The number of nitrogens with zero attached hydrogens (tertiary/aromatic N) is 2. The maximum Gasteiger partial charge on any atom is 0.178 e. The maximum absolute atomic E-state index is 5.18. The third kappa shape index (κ3) is 1.82. The van der Waals surface area contributed by atoms with Gasteiger partial charge in [0.1, 0.15) is 0 Å². The number of nitrogens with one attached hydrogen (secondary N) is 1. The lowest BCUT2D eigenvalue weighted by atomic mass is 10.2. The monoisotopic (exact) mass is 199 g/mol. The van der Waals surface area contributed by atoms with E-state index < -0.39 is 0 Å². The van der Waals surface area contributed by atoms with Crippen molar-refractivity contribution < 1.29 is 4.74 Å². The van der Waals surface area contributed by atoms with E-state index in [9.17, 15) is 0 Å². The van der Waals surface area contributed by atoms with Crippen LogP contribution < -0.4 is 0 Å². The molecule has 2 rings (SSSR count). The van der Waals surface area contributed by atoms with E-state index >= 15 is 0 Å². The van der Waals surface area contributed by atoms with Gasteiger partial charge in [0.05, 0.1) is 12.8 Å². The first-order valence-corrected chi connectivity index (χ1v) is 4.69. The van der Waals surface area contributed by atoms with Crippen molar-refractivity contribution in [2.75, 3.05) is 20.2 Å². The molecule has 1 saturated heterocycles. The first kappa shape index (κ1) is 8.93. The fourth-order valence-corrected chi connectivity index (χ4v) is 1.65. The standard InChI is InChI=1S/C8H13N3OS/c1-12-7-4-10(5-7)6-11-3-2-9-8(11)13/h2-3,7H,4-6H2,1H3,(H,9,13). The van der Waals surface area contributed by atoms with E-state index in [-0.39, 0.29) is 0 Å². The second-order valence-electron chi connectivity index (χ2n) is 3.27. The van der Waals surface area contributed by atoms with Crippen LogP contribution in [0.5, 0.6) is 0 Å². The molecule has 0 saturated carbocycles. The van der Waals surface area contributed by atoms with Gasteiger partial charge in [-0.05, 0) is 12.2 Å². The average Bonchev–Trinajstić information content (AvgIpc) is 2.43. The first-order valence-electron chi connectivity index (χ1n) is 4.28. The van der Waals surface area contributed by atoms with Gasteiger partial charge in [-0.1, -0.05) is 0 Å². The average molecular weight is 199 g/mol. The van der Waals surface area contributed by atoms with Crippen molar-refractivity contribution in [1.29, 1.82) is 0 Å². The number of aromatic nitrogens is 2. The number of rotatable bonds is 3. The fraction of sp³-hybridized carbons (Fsp3) is 0.625. The molecular formula is C8H13N3OS. The van der Waals surface area contributed by atoms with E-state index in [4.69, 9.17) is 17.0 Å². The molecule has 72 valence electrons. The molecule has 0 aliphatic carbocycles. The largest absolute Gasteiger partial charge is 0.379 e. The minimum atomic E-state index is 0.410. The highest BCUT2D eigenvalue weighted by Crippen LogP contribution is 2.11. The van der Waals surface area contributed by atoms with Crippen LogP contribution in [0.25, 0.3) is 0 Å². The Kier molecular flexibility index (Phi) is 2.48. The van der Waals surface area contributed by atoms with Crippen LogP contribution in [0, 0.1) is 4.77 Å². The van der Waals surface area contributed by atoms with Crippen molar-refractivity contribution in [3.05, 3.63) is 17.2 Å². The smallest absolute Gasteiger partial charge is 0.178 e. The van der Waals surface area contributed by atoms with Gasteiger partial charge in [0.2, 0.25) is 0 Å². The molecule has 0 bridgehead atoms. The topological polar surface area (TPSA) is 33.2 Å². The van der Waals surface area contributed by atoms with Crippen LogP contribution in [0.15, 0.2) is 12.4 Å². The molecule has 0 radical (unpaired) electrons. The predicted molar refractivity (Wildman–Crippen MR) is 52.0 cm³/mol. The van der Waals surface area contributed by atoms with Crippen LogP contribution in [0.2, 0.25) is 0 Å². The highest BCUT2D eigenvalue weighted by molar-refractivity contribution is 7.71. The number of hydrogen-bond donors (Lipinski definition) is 1. The van der Waals surface area contributed by atoms with Crippen molar-refractivity contribution in [2.24, 2.45) is 0 Å². The number of H-pyrrole nitrogens is 1. The van der Waals surface area contributed by atoms with E-state index in [1.807, 2.05) is 17.0 Å². The molecule has 0 amide bonds. The highest BCUT2D eigenvalue weighted by atomic mass is 32.1. The van der Waals surface area contributed by atoms with Gasteiger partial charge in [-0.15, -0.1) is 0 Å². The molecule has 0 atom stereocenters. The van der Waals surface area contributed by atoms with Crippen molar-refractivity contribution in [1.82, 2.24) is 14.5 Å². The summed E-state index contributed by atoms with van der Waals surface area (Å²) in [6, 6.07) is 0. The SMILES string of the molecule is COC1CN(Cn2cc[nH]c2=S)C1. The summed E-state index contributed by atoms with van der Waals surface area (Å²) < 4.78 is 7.97. The number of ether oxygens (including phenoxy) is 1. The summed E-state index contributed by atoms with van der Waals surface area (Å²) in [5.41, 5.74) is 0. The van der Waals surface area contributed by atoms with Gasteiger partial charge < -0.3 is 14.3 Å². The zero-order valence-corrected chi connectivity index (χ0v) is 8.38. The van der Waals surface area contributed by atoms with E-state index in [0.29, 0.717) is 6.10 Å². The van der Waals surface area contributed by atoms with Crippen molar-refractivity contribution in [3.8, 4) is 0 Å². The molecule has 13 heavy (non-hydrogen) atoms. The van der Waals surface area contributed by atoms with Crippen LogP contribution in [-0.2, 0) is 11.4 Å². The number of methoxy groups -OCH3 is 1. The molecular weight excluding hydrogens is 186 g/mol. The second kappa shape index (κ2) is 3.61. The molecule has 4 nitrogen and oxygen atoms in total. The van der Waals surface area contributed by atoms with Crippen molar-refractivity contribution in [3.63, 3.8) is 0 Å². The van der Waals surface area contributed by atoms with Crippen LogP contribution in [0.3, 0.4) is 0 Å². The minimum Gasteiger partial charge on any atom is -0.379 e. The predicted octanol–water partition coefficient (Wildman–Crippen LogP) is 0.834. The Morgan fingerprint density at radius 3 is 3.00 bits per heavy atom. The van der Waals surface area contributed by atoms with Crippen LogP contribution in [0.1, 0.15) is 0 Å². The minimum absolute atomic E-state index is 0.410. The summed E-state index contributed by atoms with van der Waals surface area (Å²) in [5.74, 6) is 0. The molecule has 0 spiro atoms. The Hall–Kier alpha value is -0.650. The van der Waals surface area contributed by atoms with Gasteiger partial charge in [0.15, 0.2) is 4.77 Å². The van der Waals surface area contributed by atoms with Gasteiger partial charge in [-0.25, -0.2) is 0 Å². The van der Waals surface area contributed by atoms with E-state index in [1.54, 1.807) is 7.11 Å². The molecule has 2 heterocycles. The molecule has 1 fully saturated rings. The van der Waals surface area contributed by atoms with Gasteiger partial charge in [-0.3, -0.25) is 4.90 Å². The summed E-state index contributed by atoms with van der Waals surface area (Å²) in [6.07, 6.45) is 4.23. The maximum atomic E-state index is 5.18. The summed E-state index contributed by atoms with van der Waals surface area (Å²) in [5, 5.41) is 0. The lowest BCUT2D eigenvalue weighted by Gasteiger charge is -2.37. The van der Waals surface area contributed by atoms with E-state index in [2.05, 4.69) is 9.88 Å². The van der Waals surface area contributed by atoms with Crippen LogP contribution in [-0.4, -0.2) is 40.8 Å². The third-order valence-electron chi connectivity index (χ3n) is 2.33. The third-order valence-corrected chi connectivity index (χ3v) is 2.68. The Bertz CT molecular complexity index is 326. The van der Waals surface area contributed by atoms with Gasteiger partial charge in [0.25, 0.3) is 0 Å². The van der Waals surface area contributed by atoms with Gasteiger partial charge in [-0.2, -0.15) is 0 Å². The Balaban J connectivity index is 1.88. The molecule has 5 heteroatoms. The second-order valence-corrected chi connectivity index (χ2v) is 3.66. The number of likely N-dealkylation sites (tertiary alicyclic amines) is 1. The van der Waals surface area contributed by atoms with Crippen LogP contribution >= 0.6 is 12.2 Å². The summed E-state index contributed by atoms with van der Waals surface area (Å²) >= 11 is 5.08. The number of aromatic amines is 1. The highest BCUT2D eigenvalue weighted by Gasteiger charge is 2.25.